The van der Waals surface area contributed by atoms with Crippen molar-refractivity contribution in [3.8, 4) is 11.4 Å². The lowest BCUT2D eigenvalue weighted by Crippen LogP contribution is -2.03. The molecule has 0 saturated carbocycles. The summed E-state index contributed by atoms with van der Waals surface area (Å²) < 4.78 is 0. The molecule has 3 heterocycles. The Morgan fingerprint density at radius 1 is 1.28 bits per heavy atom. The van der Waals surface area contributed by atoms with E-state index in [0.29, 0.717) is 5.25 Å². The molecule has 6 heteroatoms. The average Bonchev–Trinajstić information content (AvgIpc) is 2.94. The topological polar surface area (TPSA) is 53.6 Å². The summed E-state index contributed by atoms with van der Waals surface area (Å²) in [6.45, 7) is 3.04. The van der Waals surface area contributed by atoms with Gasteiger partial charge in [0.2, 0.25) is 0 Å². The summed E-state index contributed by atoms with van der Waals surface area (Å²) in [5.74, 6) is 2.00. The van der Waals surface area contributed by atoms with E-state index in [1.165, 1.54) is 16.7 Å². The van der Waals surface area contributed by atoms with Crippen molar-refractivity contribution < 1.29 is 0 Å². The molecule has 4 rings (SSSR count). The van der Waals surface area contributed by atoms with Gasteiger partial charge in [-0.3, -0.25) is 10.1 Å². The predicted molar refractivity (Wildman–Crippen MR) is 105 cm³/mol. The first kappa shape index (κ1) is 16.5. The standard InChI is InChI=1S/C19H19ClN4S/c1-12-10-14(20)6-5-13(12)11-16-17-18(15-4-2-3-7-21-15)23-24-19(17)22-8-9-25-16/h2-7,10,16H,8-9,11H2,1H3,(H2,22,23,24). The number of pyridine rings is 1. The first-order valence-corrected chi connectivity index (χ1v) is 9.75. The highest BCUT2D eigenvalue weighted by Gasteiger charge is 2.27. The molecule has 3 aromatic rings. The molecule has 1 unspecified atom stereocenters. The molecule has 2 N–H and O–H groups in total. The number of aromatic nitrogens is 3. The van der Waals surface area contributed by atoms with Crippen molar-refractivity contribution in [2.75, 3.05) is 17.6 Å². The largest absolute Gasteiger partial charge is 0.367 e. The van der Waals surface area contributed by atoms with Crippen molar-refractivity contribution in [2.45, 2.75) is 18.6 Å². The van der Waals surface area contributed by atoms with E-state index in [4.69, 9.17) is 11.6 Å². The van der Waals surface area contributed by atoms with Crippen molar-refractivity contribution in [2.24, 2.45) is 0 Å². The number of hydrogen-bond donors (Lipinski definition) is 2. The maximum absolute atomic E-state index is 6.12. The molecular weight excluding hydrogens is 352 g/mol. The Morgan fingerprint density at radius 3 is 3.00 bits per heavy atom. The fraction of sp³-hybridized carbons (Fsp3) is 0.263. The first-order chi connectivity index (χ1) is 12.2. The van der Waals surface area contributed by atoms with Crippen molar-refractivity contribution in [1.82, 2.24) is 15.2 Å². The third kappa shape index (κ3) is 3.39. The summed E-state index contributed by atoms with van der Waals surface area (Å²) in [5.41, 5.74) is 5.71. The number of fused-ring (bicyclic) bond motifs is 1. The van der Waals surface area contributed by atoms with Gasteiger partial charge in [0.25, 0.3) is 0 Å². The monoisotopic (exact) mass is 370 g/mol. The molecule has 4 nitrogen and oxygen atoms in total. The van der Waals surface area contributed by atoms with Gasteiger partial charge in [0.1, 0.15) is 0 Å². The fourth-order valence-electron chi connectivity index (χ4n) is 3.21. The third-order valence-electron chi connectivity index (χ3n) is 4.47. The van der Waals surface area contributed by atoms with E-state index in [-0.39, 0.29) is 0 Å². The van der Waals surface area contributed by atoms with Gasteiger partial charge in [-0.15, -0.1) is 0 Å². The summed E-state index contributed by atoms with van der Waals surface area (Å²) in [6.07, 6.45) is 2.76. The van der Waals surface area contributed by atoms with E-state index in [1.807, 2.05) is 48.3 Å². The van der Waals surface area contributed by atoms with E-state index in [2.05, 4.69) is 33.5 Å². The van der Waals surface area contributed by atoms with Crippen LogP contribution in [-0.2, 0) is 6.42 Å². The number of aromatic amines is 1. The predicted octanol–water partition coefficient (Wildman–Crippen LogP) is 4.88. The summed E-state index contributed by atoms with van der Waals surface area (Å²) in [5, 5.41) is 12.3. The minimum atomic E-state index is 0.320. The van der Waals surface area contributed by atoms with E-state index in [0.717, 1.165) is 40.9 Å². The van der Waals surface area contributed by atoms with E-state index in [1.54, 1.807) is 0 Å². The van der Waals surface area contributed by atoms with Crippen LogP contribution in [0.3, 0.4) is 0 Å². The molecule has 0 spiro atoms. The maximum Gasteiger partial charge on any atom is 0.152 e. The Kier molecular flexibility index (Phi) is 4.68. The Morgan fingerprint density at radius 2 is 2.20 bits per heavy atom. The molecule has 1 aromatic carbocycles. The van der Waals surface area contributed by atoms with Gasteiger partial charge in [0, 0.05) is 34.3 Å². The molecular formula is C19H19ClN4S. The molecule has 0 bridgehead atoms. The number of hydrogen-bond acceptors (Lipinski definition) is 4. The highest BCUT2D eigenvalue weighted by molar-refractivity contribution is 7.99. The number of anilines is 1. The Labute approximate surface area is 156 Å². The highest BCUT2D eigenvalue weighted by Crippen LogP contribution is 2.42. The van der Waals surface area contributed by atoms with Crippen LogP contribution in [0, 0.1) is 6.92 Å². The molecule has 0 aliphatic carbocycles. The van der Waals surface area contributed by atoms with Gasteiger partial charge in [-0.2, -0.15) is 16.9 Å². The quantitative estimate of drug-likeness (QED) is 0.690. The van der Waals surface area contributed by atoms with E-state index >= 15 is 0 Å². The molecule has 0 saturated heterocycles. The second-order valence-electron chi connectivity index (χ2n) is 6.14. The normalized spacial score (nSPS) is 16.8. The Bertz CT molecular complexity index is 878. The molecule has 2 aromatic heterocycles. The Balaban J connectivity index is 1.74. The van der Waals surface area contributed by atoms with Crippen molar-refractivity contribution in [1.29, 1.82) is 0 Å². The summed E-state index contributed by atoms with van der Waals surface area (Å²) in [4.78, 5) is 4.50. The van der Waals surface area contributed by atoms with Crippen LogP contribution >= 0.6 is 23.4 Å². The molecule has 1 aliphatic heterocycles. The van der Waals surface area contributed by atoms with E-state index in [9.17, 15) is 0 Å². The zero-order valence-corrected chi connectivity index (χ0v) is 15.5. The summed E-state index contributed by atoms with van der Waals surface area (Å²) in [6, 6.07) is 12.1. The number of aryl methyl sites for hydroxylation is 1. The number of nitrogens with zero attached hydrogens (tertiary/aromatic N) is 2. The number of benzene rings is 1. The van der Waals surface area contributed by atoms with Gasteiger partial charge in [-0.05, 0) is 48.7 Å². The van der Waals surface area contributed by atoms with Gasteiger partial charge in [0.05, 0.1) is 11.4 Å². The van der Waals surface area contributed by atoms with Gasteiger partial charge < -0.3 is 5.32 Å². The number of H-pyrrole nitrogens is 1. The molecule has 0 radical (unpaired) electrons. The zero-order valence-electron chi connectivity index (χ0n) is 13.9. The third-order valence-corrected chi connectivity index (χ3v) is 5.95. The number of thioether (sulfide) groups is 1. The molecule has 1 atom stereocenters. The number of halogens is 1. The average molecular weight is 371 g/mol. The SMILES string of the molecule is Cc1cc(Cl)ccc1CC1SCCNc2n[nH]c(-c3ccccn3)c21. The van der Waals surface area contributed by atoms with Crippen LogP contribution in [0.15, 0.2) is 42.6 Å². The minimum absolute atomic E-state index is 0.320. The van der Waals surface area contributed by atoms with Gasteiger partial charge in [0.15, 0.2) is 5.82 Å². The molecule has 0 fully saturated rings. The van der Waals surface area contributed by atoms with Crippen molar-refractivity contribution >= 4 is 29.2 Å². The van der Waals surface area contributed by atoms with Crippen LogP contribution in [0.1, 0.15) is 21.9 Å². The zero-order chi connectivity index (χ0) is 17.2. The number of rotatable bonds is 3. The van der Waals surface area contributed by atoms with Crippen LogP contribution in [0.4, 0.5) is 5.82 Å². The lowest BCUT2D eigenvalue weighted by atomic mass is 9.99. The van der Waals surface area contributed by atoms with Crippen LogP contribution in [-0.4, -0.2) is 27.5 Å². The minimum Gasteiger partial charge on any atom is -0.367 e. The van der Waals surface area contributed by atoms with Gasteiger partial charge in [-0.25, -0.2) is 0 Å². The van der Waals surface area contributed by atoms with Crippen LogP contribution in [0.2, 0.25) is 5.02 Å². The smallest absolute Gasteiger partial charge is 0.152 e. The van der Waals surface area contributed by atoms with Gasteiger partial charge in [-0.1, -0.05) is 23.7 Å². The van der Waals surface area contributed by atoms with Crippen molar-refractivity contribution in [3.63, 3.8) is 0 Å². The summed E-state index contributed by atoms with van der Waals surface area (Å²) >= 11 is 8.08. The van der Waals surface area contributed by atoms with Crippen molar-refractivity contribution in [3.05, 3.63) is 64.3 Å². The second-order valence-corrected chi connectivity index (χ2v) is 7.88. The molecule has 0 amide bonds. The number of nitrogens with one attached hydrogen (secondary N) is 2. The van der Waals surface area contributed by atoms with Crippen LogP contribution in [0.5, 0.6) is 0 Å². The van der Waals surface area contributed by atoms with Gasteiger partial charge >= 0.3 is 0 Å². The van der Waals surface area contributed by atoms with E-state index < -0.39 is 0 Å². The molecule has 128 valence electrons. The second kappa shape index (κ2) is 7.10. The lowest BCUT2D eigenvalue weighted by molar-refractivity contribution is 0.929. The Hall–Kier alpha value is -1.98. The first-order valence-electron chi connectivity index (χ1n) is 8.32. The highest BCUT2D eigenvalue weighted by atomic mass is 35.5. The van der Waals surface area contributed by atoms with Crippen LogP contribution < -0.4 is 5.32 Å². The van der Waals surface area contributed by atoms with Crippen LogP contribution in [0.25, 0.3) is 11.4 Å². The molecule has 1 aliphatic rings. The summed E-state index contributed by atoms with van der Waals surface area (Å²) in [7, 11) is 0. The molecule has 25 heavy (non-hydrogen) atoms. The maximum atomic E-state index is 6.12. The lowest BCUT2D eigenvalue weighted by Gasteiger charge is -2.17. The fourth-order valence-corrected chi connectivity index (χ4v) is 4.63.